The van der Waals surface area contributed by atoms with Crippen LogP contribution < -0.4 is 5.48 Å². The summed E-state index contributed by atoms with van der Waals surface area (Å²) in [6.45, 7) is 6.14. The van der Waals surface area contributed by atoms with Crippen molar-refractivity contribution < 1.29 is 9.94 Å². The molecule has 0 aromatic rings. The average Bonchev–Trinajstić information content (AvgIpc) is 2.39. The maximum absolute atomic E-state index is 8.88. The Bertz CT molecular complexity index is 410. The summed E-state index contributed by atoms with van der Waals surface area (Å²) in [7, 11) is 1.72. The highest BCUT2D eigenvalue weighted by Gasteiger charge is 2.15. The van der Waals surface area contributed by atoms with E-state index in [4.69, 9.17) is 15.4 Å². The highest BCUT2D eigenvalue weighted by molar-refractivity contribution is 5.95. The van der Waals surface area contributed by atoms with Gasteiger partial charge in [0.1, 0.15) is 5.84 Å². The minimum Gasteiger partial charge on any atom is -0.381 e. The third-order valence-electron chi connectivity index (χ3n) is 3.33. The van der Waals surface area contributed by atoms with Crippen LogP contribution >= 0.6 is 0 Å². The van der Waals surface area contributed by atoms with Crippen molar-refractivity contribution in [1.82, 2.24) is 5.48 Å². The summed E-state index contributed by atoms with van der Waals surface area (Å²) in [5.41, 5.74) is 3.98. The lowest BCUT2D eigenvalue weighted by atomic mass is 9.90. The molecule has 1 aliphatic rings. The van der Waals surface area contributed by atoms with E-state index in [0.717, 1.165) is 12.0 Å². The molecule has 0 aromatic heterocycles. The molecule has 106 valence electrons. The first kappa shape index (κ1) is 15.7. The lowest BCUT2D eigenvalue weighted by Gasteiger charge is -2.19. The quantitative estimate of drug-likeness (QED) is 0.415. The Labute approximate surface area is 115 Å². The molecule has 1 unspecified atom stereocenters. The number of rotatable bonds is 4. The monoisotopic (exact) mass is 264 g/mol. The van der Waals surface area contributed by atoms with Crippen LogP contribution in [0.3, 0.4) is 0 Å². The lowest BCUT2D eigenvalue weighted by Crippen LogP contribution is -2.24. The maximum Gasteiger partial charge on any atom is 0.145 e. The van der Waals surface area contributed by atoms with Gasteiger partial charge in [0.15, 0.2) is 0 Å². The van der Waals surface area contributed by atoms with Crippen LogP contribution in [0, 0.1) is 17.2 Å². The number of hydroxylamine groups is 1. The van der Waals surface area contributed by atoms with Crippen molar-refractivity contribution in [3.63, 3.8) is 0 Å². The molecule has 1 aliphatic carbocycles. The van der Waals surface area contributed by atoms with Gasteiger partial charge in [0.25, 0.3) is 0 Å². The number of hydrogen-bond donors (Lipinski definition) is 3. The fraction of sp³-hybridized carbons (Fsp3) is 0.533. The van der Waals surface area contributed by atoms with Crippen LogP contribution in [0.4, 0.5) is 0 Å². The van der Waals surface area contributed by atoms with E-state index in [9.17, 15) is 0 Å². The smallest absolute Gasteiger partial charge is 0.145 e. The minimum absolute atomic E-state index is 0.0612. The first-order valence-electron chi connectivity index (χ1n) is 6.60. The molecule has 3 atom stereocenters. The fourth-order valence-electron chi connectivity index (χ4n) is 2.17. The molecule has 4 nitrogen and oxygen atoms in total. The molecule has 0 heterocycles. The number of amidine groups is 1. The molecule has 0 aliphatic heterocycles. The van der Waals surface area contributed by atoms with Crippen molar-refractivity contribution in [3.8, 4) is 0 Å². The summed E-state index contributed by atoms with van der Waals surface area (Å²) < 4.78 is 5.30. The Morgan fingerprint density at radius 3 is 2.74 bits per heavy atom. The van der Waals surface area contributed by atoms with Gasteiger partial charge in [-0.05, 0) is 30.4 Å². The first-order valence-corrected chi connectivity index (χ1v) is 6.60. The Kier molecular flexibility index (Phi) is 5.99. The first-order chi connectivity index (χ1) is 8.97. The normalized spacial score (nSPS) is 32.1. The maximum atomic E-state index is 8.88. The predicted molar refractivity (Wildman–Crippen MR) is 77.4 cm³/mol. The van der Waals surface area contributed by atoms with Crippen LogP contribution in [-0.2, 0) is 4.74 Å². The Hall–Kier alpha value is -1.39. The molecule has 0 saturated carbocycles. The van der Waals surface area contributed by atoms with Gasteiger partial charge in [-0.15, -0.1) is 0 Å². The summed E-state index contributed by atoms with van der Waals surface area (Å²) in [5, 5.41) is 16.6. The molecule has 19 heavy (non-hydrogen) atoms. The van der Waals surface area contributed by atoms with Crippen molar-refractivity contribution in [1.29, 1.82) is 5.41 Å². The summed E-state index contributed by atoms with van der Waals surface area (Å²) in [6.07, 6.45) is 9.40. The van der Waals surface area contributed by atoms with Gasteiger partial charge in [0.2, 0.25) is 0 Å². The van der Waals surface area contributed by atoms with Gasteiger partial charge in [-0.2, -0.15) is 0 Å². The van der Waals surface area contributed by atoms with Gasteiger partial charge in [0.05, 0.1) is 6.10 Å². The van der Waals surface area contributed by atoms with E-state index >= 15 is 0 Å². The largest absolute Gasteiger partial charge is 0.381 e. The van der Waals surface area contributed by atoms with E-state index in [2.05, 4.69) is 25.2 Å². The SMILES string of the molecule is CO[C@H](C)CC1=C/C(C)/C=C(/C(=N)NO)[C@H](C)/C=C\1. The summed E-state index contributed by atoms with van der Waals surface area (Å²) in [5.74, 6) is 0.373. The number of methoxy groups -OCH3 is 1. The fourth-order valence-corrected chi connectivity index (χ4v) is 2.17. The number of allylic oxidation sites excluding steroid dienone is 4. The molecule has 0 spiro atoms. The van der Waals surface area contributed by atoms with Crippen molar-refractivity contribution in [2.24, 2.45) is 11.8 Å². The molecule has 0 fully saturated rings. The van der Waals surface area contributed by atoms with Gasteiger partial charge in [-0.3, -0.25) is 16.1 Å². The highest BCUT2D eigenvalue weighted by Crippen LogP contribution is 2.23. The van der Waals surface area contributed by atoms with Gasteiger partial charge in [-0.1, -0.05) is 38.2 Å². The van der Waals surface area contributed by atoms with Gasteiger partial charge in [-0.25, -0.2) is 0 Å². The topological polar surface area (TPSA) is 65.3 Å². The molecule has 0 amide bonds. The second-order valence-corrected chi connectivity index (χ2v) is 5.11. The predicted octanol–water partition coefficient (Wildman–Crippen LogP) is 3.06. The zero-order valence-corrected chi connectivity index (χ0v) is 12.1. The van der Waals surface area contributed by atoms with Crippen LogP contribution in [0.1, 0.15) is 27.2 Å². The third-order valence-corrected chi connectivity index (χ3v) is 3.33. The molecule has 0 saturated heterocycles. The highest BCUT2D eigenvalue weighted by atomic mass is 16.5. The molecule has 3 N–H and O–H groups in total. The van der Waals surface area contributed by atoms with E-state index in [-0.39, 0.29) is 23.8 Å². The molecule has 0 bridgehead atoms. The van der Waals surface area contributed by atoms with E-state index in [1.165, 1.54) is 5.57 Å². The van der Waals surface area contributed by atoms with E-state index in [0.29, 0.717) is 0 Å². The second kappa shape index (κ2) is 7.26. The number of ether oxygens (including phenoxy) is 1. The van der Waals surface area contributed by atoms with Crippen molar-refractivity contribution in [2.45, 2.75) is 33.3 Å². The second-order valence-electron chi connectivity index (χ2n) is 5.11. The van der Waals surface area contributed by atoms with Crippen LogP contribution in [0.15, 0.2) is 35.5 Å². The molecule has 0 aromatic carbocycles. The Balaban J connectivity index is 2.96. The van der Waals surface area contributed by atoms with Crippen molar-refractivity contribution in [2.75, 3.05) is 7.11 Å². The molecule has 1 rings (SSSR count). The minimum atomic E-state index is 0.0612. The van der Waals surface area contributed by atoms with Gasteiger partial charge in [0, 0.05) is 13.0 Å². The average molecular weight is 264 g/mol. The van der Waals surface area contributed by atoms with E-state index in [1.54, 1.807) is 7.11 Å². The zero-order chi connectivity index (χ0) is 14.4. The van der Waals surface area contributed by atoms with Crippen LogP contribution in [0.25, 0.3) is 0 Å². The third kappa shape index (κ3) is 4.65. The van der Waals surface area contributed by atoms with Crippen LogP contribution in [0.5, 0.6) is 0 Å². The Morgan fingerprint density at radius 1 is 1.47 bits per heavy atom. The van der Waals surface area contributed by atoms with Crippen LogP contribution in [-0.4, -0.2) is 24.3 Å². The Morgan fingerprint density at radius 2 is 2.16 bits per heavy atom. The standard InChI is InChI=1S/C15H24N2O2/c1-10-7-13(9-12(3)19-4)6-5-11(2)14(8-10)15(16)17-18/h5-8,10-12,18H,9H2,1-4H3,(H2,16,17)/b6-5-,13-7+,14-8+/t10?,11-,12-/m1/s1. The van der Waals surface area contributed by atoms with E-state index in [1.807, 2.05) is 25.4 Å². The molecule has 4 heteroatoms. The summed E-state index contributed by atoms with van der Waals surface area (Å²) in [4.78, 5) is 0. The van der Waals surface area contributed by atoms with Gasteiger partial charge >= 0.3 is 0 Å². The van der Waals surface area contributed by atoms with Crippen molar-refractivity contribution in [3.05, 3.63) is 35.5 Å². The lowest BCUT2D eigenvalue weighted by molar-refractivity contribution is 0.119. The number of nitrogens with one attached hydrogen (secondary N) is 2. The van der Waals surface area contributed by atoms with E-state index < -0.39 is 0 Å². The molecule has 0 radical (unpaired) electrons. The molecular formula is C15H24N2O2. The zero-order valence-electron chi connectivity index (χ0n) is 12.1. The summed E-state index contributed by atoms with van der Waals surface area (Å²) in [6, 6.07) is 0. The van der Waals surface area contributed by atoms with Crippen LogP contribution in [0.2, 0.25) is 0 Å². The molecular weight excluding hydrogens is 240 g/mol. The number of hydrogen-bond acceptors (Lipinski definition) is 3. The van der Waals surface area contributed by atoms with Gasteiger partial charge < -0.3 is 4.74 Å². The summed E-state index contributed by atoms with van der Waals surface area (Å²) >= 11 is 0. The van der Waals surface area contributed by atoms with Crippen molar-refractivity contribution >= 4 is 5.84 Å².